The number of carbonyl (C=O) groups is 1. The number of nitrogens with one attached hydrogen (secondary N) is 1. The SMILES string of the molecule is COC(=O)c1ccccc1-n1c(C)cc([C@@H]2[C@H](c3ccccn3)NC(=S)N2c2ccc(Oc3ccccc3C)cc2)c1C. The van der Waals surface area contributed by atoms with Crippen LogP contribution in [0.15, 0.2) is 103 Å². The Hall–Kier alpha value is -4.95. The molecule has 43 heavy (non-hydrogen) atoms. The van der Waals surface area contributed by atoms with Gasteiger partial charge in [-0.05, 0) is 105 Å². The Morgan fingerprint density at radius 1 is 0.907 bits per heavy atom. The highest BCUT2D eigenvalue weighted by atomic mass is 32.1. The van der Waals surface area contributed by atoms with Crippen molar-refractivity contribution in [2.24, 2.45) is 0 Å². The van der Waals surface area contributed by atoms with Gasteiger partial charge in [0, 0.05) is 23.3 Å². The van der Waals surface area contributed by atoms with Crippen molar-refractivity contribution >= 4 is 29.0 Å². The summed E-state index contributed by atoms with van der Waals surface area (Å²) in [5.41, 5.74) is 7.21. The molecule has 1 fully saturated rings. The predicted octanol–water partition coefficient (Wildman–Crippen LogP) is 7.55. The number of para-hydroxylation sites is 2. The van der Waals surface area contributed by atoms with Crippen molar-refractivity contribution < 1.29 is 14.3 Å². The summed E-state index contributed by atoms with van der Waals surface area (Å²) < 4.78 is 13.4. The number of aryl methyl sites for hydroxylation is 2. The van der Waals surface area contributed by atoms with Crippen LogP contribution in [0, 0.1) is 20.8 Å². The van der Waals surface area contributed by atoms with Crippen molar-refractivity contribution in [1.29, 1.82) is 0 Å². The van der Waals surface area contributed by atoms with Crippen LogP contribution in [0.25, 0.3) is 5.69 Å². The van der Waals surface area contributed by atoms with E-state index in [0.717, 1.165) is 51.1 Å². The van der Waals surface area contributed by atoms with E-state index in [1.807, 2.05) is 98.8 Å². The maximum absolute atomic E-state index is 12.7. The molecular formula is C35H32N4O3S. The third kappa shape index (κ3) is 5.26. The van der Waals surface area contributed by atoms with Gasteiger partial charge in [-0.1, -0.05) is 36.4 Å². The molecule has 5 aromatic rings. The van der Waals surface area contributed by atoms with Crippen molar-refractivity contribution in [1.82, 2.24) is 14.9 Å². The second-order valence-corrected chi connectivity index (χ2v) is 10.9. The summed E-state index contributed by atoms with van der Waals surface area (Å²) in [7, 11) is 1.40. The van der Waals surface area contributed by atoms with E-state index in [0.29, 0.717) is 10.7 Å². The van der Waals surface area contributed by atoms with Crippen LogP contribution in [0.3, 0.4) is 0 Å². The quantitative estimate of drug-likeness (QED) is 0.155. The molecule has 0 spiro atoms. The monoisotopic (exact) mass is 588 g/mol. The second-order valence-electron chi connectivity index (χ2n) is 10.5. The number of esters is 1. The molecule has 0 aliphatic carbocycles. The van der Waals surface area contributed by atoms with Crippen LogP contribution >= 0.6 is 12.2 Å². The molecule has 6 rings (SSSR count). The number of ether oxygens (including phenoxy) is 2. The molecule has 0 bridgehead atoms. The number of benzene rings is 3. The molecule has 1 N–H and O–H groups in total. The average Bonchev–Trinajstić information content (AvgIpc) is 3.53. The number of aromatic nitrogens is 2. The average molecular weight is 589 g/mol. The summed E-state index contributed by atoms with van der Waals surface area (Å²) in [5, 5.41) is 4.15. The molecule has 2 aromatic heterocycles. The lowest BCUT2D eigenvalue weighted by Crippen LogP contribution is -2.29. The lowest BCUT2D eigenvalue weighted by Gasteiger charge is -2.28. The Bertz CT molecular complexity index is 1800. The molecule has 8 heteroatoms. The van der Waals surface area contributed by atoms with Crippen LogP contribution in [0.5, 0.6) is 11.5 Å². The first-order chi connectivity index (χ1) is 20.9. The molecule has 1 saturated heterocycles. The van der Waals surface area contributed by atoms with E-state index in [4.69, 9.17) is 26.7 Å². The number of carbonyl (C=O) groups excluding carboxylic acids is 1. The Kier molecular flexibility index (Phi) is 7.69. The highest BCUT2D eigenvalue weighted by Crippen LogP contribution is 2.44. The highest BCUT2D eigenvalue weighted by molar-refractivity contribution is 7.80. The zero-order chi connectivity index (χ0) is 30.1. The summed E-state index contributed by atoms with van der Waals surface area (Å²) in [6, 6.07) is 31.1. The molecule has 0 amide bonds. The Morgan fingerprint density at radius 2 is 1.63 bits per heavy atom. The first-order valence-electron chi connectivity index (χ1n) is 14.1. The minimum atomic E-state index is -0.380. The third-order valence-corrected chi connectivity index (χ3v) is 8.19. The van der Waals surface area contributed by atoms with Gasteiger partial charge in [-0.3, -0.25) is 4.98 Å². The zero-order valence-electron chi connectivity index (χ0n) is 24.4. The van der Waals surface area contributed by atoms with E-state index < -0.39 is 0 Å². The van der Waals surface area contributed by atoms with E-state index in [2.05, 4.69) is 27.8 Å². The normalized spacial score (nSPS) is 16.2. The summed E-state index contributed by atoms with van der Waals surface area (Å²) in [6.07, 6.45) is 1.80. The van der Waals surface area contributed by atoms with Crippen LogP contribution in [0.1, 0.15) is 50.7 Å². The topological polar surface area (TPSA) is 68.6 Å². The lowest BCUT2D eigenvalue weighted by atomic mass is 9.96. The van der Waals surface area contributed by atoms with Crippen molar-refractivity contribution in [2.75, 3.05) is 12.0 Å². The number of nitrogens with zero attached hydrogens (tertiary/aromatic N) is 3. The zero-order valence-corrected chi connectivity index (χ0v) is 25.3. The standard InChI is InChI=1S/C35H32N4O3S/c1-22-11-5-8-15-31(22)42-26-18-16-25(17-19-26)39-33(32(37-35(39)43)29-13-9-10-20-36-29)28-21-23(2)38(24(28)3)30-14-7-6-12-27(30)34(40)41-4/h5-21,32-33H,1-4H3,(H,37,43)/t32-,33+/m0/s1. The van der Waals surface area contributed by atoms with Gasteiger partial charge >= 0.3 is 5.97 Å². The molecular weight excluding hydrogens is 556 g/mol. The molecule has 1 aliphatic heterocycles. The fraction of sp³-hybridized carbons (Fsp3) is 0.171. The van der Waals surface area contributed by atoms with Crippen molar-refractivity contribution in [3.05, 3.63) is 137 Å². The minimum Gasteiger partial charge on any atom is -0.465 e. The number of hydrogen-bond donors (Lipinski definition) is 1. The number of hydrogen-bond acceptors (Lipinski definition) is 5. The summed E-state index contributed by atoms with van der Waals surface area (Å²) in [6.45, 7) is 6.15. The number of pyridine rings is 1. The van der Waals surface area contributed by atoms with Gasteiger partial charge in [-0.15, -0.1) is 0 Å². The molecule has 216 valence electrons. The molecule has 3 heterocycles. The summed E-state index contributed by atoms with van der Waals surface area (Å²) >= 11 is 5.97. The van der Waals surface area contributed by atoms with Gasteiger partial charge in [-0.25, -0.2) is 4.79 Å². The van der Waals surface area contributed by atoms with Gasteiger partial charge < -0.3 is 24.3 Å². The van der Waals surface area contributed by atoms with E-state index in [1.54, 1.807) is 12.3 Å². The van der Waals surface area contributed by atoms with Crippen molar-refractivity contribution in [2.45, 2.75) is 32.9 Å². The third-order valence-electron chi connectivity index (χ3n) is 7.87. The van der Waals surface area contributed by atoms with Gasteiger partial charge in [0.1, 0.15) is 11.5 Å². The van der Waals surface area contributed by atoms with Gasteiger partial charge in [0.25, 0.3) is 0 Å². The molecule has 0 radical (unpaired) electrons. The van der Waals surface area contributed by atoms with E-state index in [-0.39, 0.29) is 18.1 Å². The van der Waals surface area contributed by atoms with Crippen LogP contribution in [0.2, 0.25) is 0 Å². The molecule has 0 unspecified atom stereocenters. The maximum atomic E-state index is 12.7. The largest absolute Gasteiger partial charge is 0.465 e. The number of anilines is 1. The van der Waals surface area contributed by atoms with Crippen molar-refractivity contribution in [3.8, 4) is 17.2 Å². The fourth-order valence-electron chi connectivity index (χ4n) is 5.83. The number of methoxy groups -OCH3 is 1. The smallest absolute Gasteiger partial charge is 0.339 e. The van der Waals surface area contributed by atoms with Gasteiger partial charge in [0.2, 0.25) is 0 Å². The Labute approximate surface area is 256 Å². The molecule has 1 aliphatic rings. The van der Waals surface area contributed by atoms with E-state index in [9.17, 15) is 4.79 Å². The van der Waals surface area contributed by atoms with Gasteiger partial charge in [0.05, 0.1) is 36.1 Å². The lowest BCUT2D eigenvalue weighted by molar-refractivity contribution is 0.0600. The predicted molar refractivity (Wildman–Crippen MR) is 172 cm³/mol. The molecule has 0 saturated carbocycles. The van der Waals surface area contributed by atoms with E-state index in [1.165, 1.54) is 7.11 Å². The fourth-order valence-corrected chi connectivity index (χ4v) is 6.18. The van der Waals surface area contributed by atoms with Crippen LogP contribution in [-0.4, -0.2) is 27.7 Å². The van der Waals surface area contributed by atoms with Crippen LogP contribution < -0.4 is 15.0 Å². The molecule has 7 nitrogen and oxygen atoms in total. The van der Waals surface area contributed by atoms with Gasteiger partial charge in [0.15, 0.2) is 5.11 Å². The van der Waals surface area contributed by atoms with Crippen LogP contribution in [-0.2, 0) is 4.74 Å². The minimum absolute atomic E-state index is 0.207. The molecule has 3 aromatic carbocycles. The number of thiocarbonyl (C=S) groups is 1. The van der Waals surface area contributed by atoms with Crippen molar-refractivity contribution in [3.63, 3.8) is 0 Å². The summed E-state index contributed by atoms with van der Waals surface area (Å²) in [4.78, 5) is 19.5. The Balaban J connectivity index is 1.44. The first-order valence-corrected chi connectivity index (χ1v) is 14.5. The molecule has 2 atom stereocenters. The Morgan fingerprint density at radius 3 is 2.35 bits per heavy atom. The number of rotatable bonds is 7. The summed E-state index contributed by atoms with van der Waals surface area (Å²) in [5.74, 6) is 1.18. The highest BCUT2D eigenvalue weighted by Gasteiger charge is 2.42. The first kappa shape index (κ1) is 28.2. The van der Waals surface area contributed by atoms with E-state index >= 15 is 0 Å². The second kappa shape index (κ2) is 11.7. The van der Waals surface area contributed by atoms with Crippen LogP contribution in [0.4, 0.5) is 5.69 Å². The van der Waals surface area contributed by atoms with Gasteiger partial charge in [-0.2, -0.15) is 0 Å². The maximum Gasteiger partial charge on any atom is 0.339 e.